The van der Waals surface area contributed by atoms with Crippen molar-refractivity contribution in [1.29, 1.82) is 0 Å². The molecule has 5 heteroatoms. The van der Waals surface area contributed by atoms with E-state index in [9.17, 15) is 5.11 Å². The van der Waals surface area contributed by atoms with Gasteiger partial charge in [-0.1, -0.05) is 155 Å². The minimum Gasteiger partial charge on any atom is -0.507 e. The molecule has 57 heavy (non-hydrogen) atoms. The Morgan fingerprint density at radius 1 is 0.526 bits per heavy atom. The number of pyridine rings is 1. The molecule has 7 rings (SSSR count). The Hall–Kier alpha value is -4.79. The number of fused-ring (bicyclic) bond motifs is 1. The number of rotatable bonds is 5. The van der Waals surface area contributed by atoms with Crippen molar-refractivity contribution in [3.63, 3.8) is 0 Å². The van der Waals surface area contributed by atoms with E-state index >= 15 is 0 Å². The van der Waals surface area contributed by atoms with Crippen molar-refractivity contribution in [2.75, 3.05) is 0 Å². The molecule has 0 amide bonds. The molecule has 0 saturated carbocycles. The van der Waals surface area contributed by atoms with Crippen molar-refractivity contribution in [1.82, 2.24) is 14.5 Å². The predicted octanol–water partition coefficient (Wildman–Crippen LogP) is 13.8. The van der Waals surface area contributed by atoms with Gasteiger partial charge in [0.25, 0.3) is 0 Å². The van der Waals surface area contributed by atoms with Crippen LogP contribution in [0, 0.1) is 6.07 Å². The van der Waals surface area contributed by atoms with Crippen LogP contribution in [-0.4, -0.2) is 19.6 Å². The fraction of sp³-hybridized carbons (Fsp3) is 0.308. The summed E-state index contributed by atoms with van der Waals surface area (Å²) in [4.78, 5) is 10.3. The van der Waals surface area contributed by atoms with Gasteiger partial charge in [-0.05, 0) is 85.9 Å². The number of nitrogens with zero attached hydrogens (tertiary/aromatic N) is 3. The fourth-order valence-electron chi connectivity index (χ4n) is 7.23. The van der Waals surface area contributed by atoms with Crippen LogP contribution in [0.15, 0.2) is 115 Å². The molecule has 0 atom stereocenters. The Balaban J connectivity index is 0.00000549. The van der Waals surface area contributed by atoms with Crippen LogP contribution in [0.1, 0.15) is 105 Å². The van der Waals surface area contributed by atoms with Gasteiger partial charge in [-0.25, -0.2) is 4.98 Å². The van der Waals surface area contributed by atoms with Crippen LogP contribution in [0.3, 0.4) is 0 Å². The second-order valence-electron chi connectivity index (χ2n) is 19.4. The molecule has 0 aliphatic rings. The maximum absolute atomic E-state index is 11.9. The fourth-order valence-corrected chi connectivity index (χ4v) is 7.23. The molecule has 7 aromatic rings. The molecule has 0 unspecified atom stereocenters. The Morgan fingerprint density at radius 2 is 1.12 bits per heavy atom. The molecule has 0 saturated heterocycles. The molecule has 4 nitrogen and oxygen atoms in total. The largest absolute Gasteiger partial charge is 0.507 e. The van der Waals surface area contributed by atoms with Crippen LogP contribution in [0.5, 0.6) is 5.75 Å². The van der Waals surface area contributed by atoms with E-state index in [-0.39, 0.29) is 48.5 Å². The number of phenols is 1. The van der Waals surface area contributed by atoms with Crippen molar-refractivity contribution in [2.45, 2.75) is 105 Å². The molecular weight excluding hydrogens is 878 g/mol. The van der Waals surface area contributed by atoms with Gasteiger partial charge in [0, 0.05) is 38.6 Å². The summed E-state index contributed by atoms with van der Waals surface area (Å²) < 4.78 is 2.24. The molecule has 0 fully saturated rings. The number of para-hydroxylation sites is 1. The Morgan fingerprint density at radius 3 is 1.72 bits per heavy atom. The first-order valence-electron chi connectivity index (χ1n) is 19.8. The van der Waals surface area contributed by atoms with Crippen molar-refractivity contribution in [3.8, 4) is 56.3 Å². The van der Waals surface area contributed by atoms with E-state index in [4.69, 9.17) is 9.97 Å². The number of benzene rings is 5. The summed E-state index contributed by atoms with van der Waals surface area (Å²) in [6, 6.07) is 42.0. The molecule has 296 valence electrons. The van der Waals surface area contributed by atoms with E-state index in [1.54, 1.807) is 0 Å². The van der Waals surface area contributed by atoms with Crippen molar-refractivity contribution >= 4 is 11.0 Å². The third kappa shape index (κ3) is 8.58. The van der Waals surface area contributed by atoms with E-state index < -0.39 is 0 Å². The van der Waals surface area contributed by atoms with Gasteiger partial charge in [-0.3, -0.25) is 9.55 Å². The Bertz CT molecular complexity index is 2540. The molecule has 5 aromatic carbocycles. The van der Waals surface area contributed by atoms with Crippen LogP contribution in [0.25, 0.3) is 61.6 Å². The third-order valence-corrected chi connectivity index (χ3v) is 10.9. The number of hydrogen-bond acceptors (Lipinski definition) is 3. The first-order chi connectivity index (χ1) is 26.2. The summed E-state index contributed by atoms with van der Waals surface area (Å²) in [6.07, 6.45) is 1.91. The van der Waals surface area contributed by atoms with Gasteiger partial charge < -0.3 is 5.11 Å². The van der Waals surface area contributed by atoms with Crippen LogP contribution in [0.4, 0.5) is 0 Å². The summed E-state index contributed by atoms with van der Waals surface area (Å²) in [6.45, 7) is 27.0. The van der Waals surface area contributed by atoms with E-state index in [0.29, 0.717) is 11.4 Å². The van der Waals surface area contributed by atoms with Crippen LogP contribution in [-0.2, 0) is 42.7 Å². The molecule has 2 heterocycles. The first-order valence-corrected chi connectivity index (χ1v) is 19.8. The molecule has 2 aromatic heterocycles. The topological polar surface area (TPSA) is 50.9 Å². The number of imidazole rings is 1. The molecule has 1 N–H and O–H groups in total. The number of phenolic OH excluding ortho intramolecular Hbond substituents is 1. The van der Waals surface area contributed by atoms with Crippen LogP contribution in [0.2, 0.25) is 0 Å². The smallest absolute Gasteiger partial charge is 0.148 e. The van der Waals surface area contributed by atoms with Crippen molar-refractivity contribution in [2.24, 2.45) is 0 Å². The summed E-state index contributed by atoms with van der Waals surface area (Å²) in [5, 5.41) is 11.9. The van der Waals surface area contributed by atoms with Crippen LogP contribution >= 0.6 is 0 Å². The molecule has 0 aliphatic carbocycles. The molecular formula is C52H56N3OPt-. The summed E-state index contributed by atoms with van der Waals surface area (Å²) >= 11 is 0. The van der Waals surface area contributed by atoms with E-state index in [0.717, 1.165) is 50.2 Å². The maximum atomic E-state index is 11.9. The predicted molar refractivity (Wildman–Crippen MR) is 236 cm³/mol. The number of hydrogen-bond donors (Lipinski definition) is 1. The second kappa shape index (κ2) is 15.2. The summed E-state index contributed by atoms with van der Waals surface area (Å²) in [7, 11) is 0. The van der Waals surface area contributed by atoms with Gasteiger partial charge in [-0.2, -0.15) is 0 Å². The normalized spacial score (nSPS) is 12.5. The quantitative estimate of drug-likeness (QED) is 0.175. The first kappa shape index (κ1) is 41.8. The van der Waals surface area contributed by atoms with Gasteiger partial charge >= 0.3 is 0 Å². The zero-order chi connectivity index (χ0) is 40.4. The Labute approximate surface area is 354 Å². The van der Waals surface area contributed by atoms with E-state index in [2.05, 4.69) is 173 Å². The van der Waals surface area contributed by atoms with Gasteiger partial charge in [0.15, 0.2) is 0 Å². The third-order valence-electron chi connectivity index (χ3n) is 10.9. The number of aromatic nitrogens is 3. The summed E-state index contributed by atoms with van der Waals surface area (Å²) in [5.74, 6) is 0.864. The van der Waals surface area contributed by atoms with Gasteiger partial charge in [0.2, 0.25) is 0 Å². The number of aromatic hydroxyl groups is 1. The Kier molecular flexibility index (Phi) is 11.1. The van der Waals surface area contributed by atoms with Crippen molar-refractivity contribution < 1.29 is 26.2 Å². The zero-order valence-corrected chi connectivity index (χ0v) is 37.8. The van der Waals surface area contributed by atoms with Gasteiger partial charge in [0.05, 0.1) is 16.6 Å². The van der Waals surface area contributed by atoms with E-state index in [1.807, 2.05) is 36.5 Å². The minimum absolute atomic E-state index is 0. The van der Waals surface area contributed by atoms with Crippen LogP contribution < -0.4 is 0 Å². The average Bonchev–Trinajstić information content (AvgIpc) is 3.53. The maximum Gasteiger partial charge on any atom is 0.148 e. The molecule has 0 radical (unpaired) electrons. The van der Waals surface area contributed by atoms with Gasteiger partial charge in [0.1, 0.15) is 11.6 Å². The zero-order valence-electron chi connectivity index (χ0n) is 35.6. The monoisotopic (exact) mass is 933 g/mol. The van der Waals surface area contributed by atoms with Crippen molar-refractivity contribution in [3.05, 3.63) is 144 Å². The standard InChI is InChI=1S/C52H56N3O.Pt/c1-49(2,3)37-23-24-53-44(32-37)36-25-35(26-38(27-36)50(4,5)6)42-19-16-20-45-47(42)54-48(43-22-21-34(28-46(43)56)33-17-14-13-15-18-33)55(45)41-30-39(51(7,8)9)29-40(31-41)52(10,11)12;/h13-24,26-32,56H,1-12H3;/q-1;. The SMILES string of the molecule is CC(C)(C)c1cc(-c2cc(C(C)(C)C)ccn2)[c-]c(-c2cccc3c2nc(-c2ccc(-c4ccccc4)cc2O)n3-c2cc(C(C)(C)C)cc(C(C)(C)C)c2)c1.[Pt]. The summed E-state index contributed by atoms with van der Waals surface area (Å²) in [5.41, 5.74) is 13.9. The molecule has 0 spiro atoms. The minimum atomic E-state index is -0.123. The van der Waals surface area contributed by atoms with E-state index in [1.165, 1.54) is 22.3 Å². The average molecular weight is 934 g/mol. The molecule has 0 bridgehead atoms. The molecule has 0 aliphatic heterocycles. The van der Waals surface area contributed by atoms with Gasteiger partial charge in [-0.15, -0.1) is 29.3 Å². The second-order valence-corrected chi connectivity index (χ2v) is 19.4.